The van der Waals surface area contributed by atoms with Crippen molar-refractivity contribution >= 4 is 9.84 Å². The molecule has 0 saturated heterocycles. The van der Waals surface area contributed by atoms with E-state index >= 15 is 0 Å². The SMILES string of the molecule is CS(=O)(=O)CCc1nc(C(O)c2ccccc2)nn1-c1cccc(F)c1. The number of rotatable bonds is 6. The maximum Gasteiger partial charge on any atom is 0.184 e. The van der Waals surface area contributed by atoms with Gasteiger partial charge in [0, 0.05) is 12.7 Å². The molecule has 0 amide bonds. The zero-order valence-corrected chi connectivity index (χ0v) is 14.9. The molecule has 26 heavy (non-hydrogen) atoms. The molecule has 0 fully saturated rings. The van der Waals surface area contributed by atoms with E-state index in [0.717, 1.165) is 6.26 Å². The molecule has 3 aromatic rings. The van der Waals surface area contributed by atoms with Gasteiger partial charge in [-0.1, -0.05) is 36.4 Å². The predicted octanol–water partition coefficient (Wildman–Crippen LogP) is 2.08. The van der Waals surface area contributed by atoms with Crippen molar-refractivity contribution in [1.82, 2.24) is 14.8 Å². The first-order valence-corrected chi connectivity index (χ1v) is 10.0. The summed E-state index contributed by atoms with van der Waals surface area (Å²) in [5, 5.41) is 14.8. The first-order valence-electron chi connectivity index (χ1n) is 7.96. The highest BCUT2D eigenvalue weighted by atomic mass is 32.2. The highest BCUT2D eigenvalue weighted by molar-refractivity contribution is 7.90. The Kier molecular flexibility index (Phi) is 5.15. The summed E-state index contributed by atoms with van der Waals surface area (Å²) in [4.78, 5) is 4.31. The summed E-state index contributed by atoms with van der Waals surface area (Å²) in [6.45, 7) is 0. The molecular weight excluding hydrogens is 357 g/mol. The van der Waals surface area contributed by atoms with E-state index in [4.69, 9.17) is 0 Å². The molecule has 1 aromatic heterocycles. The lowest BCUT2D eigenvalue weighted by Gasteiger charge is -2.06. The molecule has 0 radical (unpaired) electrons. The Morgan fingerprint density at radius 1 is 1.15 bits per heavy atom. The van der Waals surface area contributed by atoms with E-state index in [1.807, 2.05) is 6.07 Å². The van der Waals surface area contributed by atoms with Crippen molar-refractivity contribution in [3.63, 3.8) is 0 Å². The van der Waals surface area contributed by atoms with Gasteiger partial charge in [0.2, 0.25) is 0 Å². The fourth-order valence-electron chi connectivity index (χ4n) is 2.52. The van der Waals surface area contributed by atoms with Crippen molar-refractivity contribution < 1.29 is 17.9 Å². The van der Waals surface area contributed by atoms with Gasteiger partial charge in [0.15, 0.2) is 5.82 Å². The molecule has 1 N–H and O–H groups in total. The number of nitrogens with zero attached hydrogens (tertiary/aromatic N) is 3. The molecule has 0 aliphatic rings. The minimum absolute atomic E-state index is 0.101. The summed E-state index contributed by atoms with van der Waals surface area (Å²) >= 11 is 0. The van der Waals surface area contributed by atoms with E-state index < -0.39 is 21.8 Å². The number of benzene rings is 2. The third-order valence-electron chi connectivity index (χ3n) is 3.80. The molecule has 8 heteroatoms. The van der Waals surface area contributed by atoms with Crippen LogP contribution in [-0.2, 0) is 16.3 Å². The number of aliphatic hydroxyl groups is 1. The Morgan fingerprint density at radius 2 is 1.88 bits per heavy atom. The fraction of sp³-hybridized carbons (Fsp3) is 0.222. The van der Waals surface area contributed by atoms with Crippen LogP contribution >= 0.6 is 0 Å². The monoisotopic (exact) mass is 375 g/mol. The lowest BCUT2D eigenvalue weighted by molar-refractivity contribution is 0.210. The molecule has 0 bridgehead atoms. The van der Waals surface area contributed by atoms with E-state index in [1.54, 1.807) is 30.3 Å². The van der Waals surface area contributed by atoms with Gasteiger partial charge in [0.25, 0.3) is 0 Å². The lowest BCUT2D eigenvalue weighted by atomic mass is 10.1. The molecule has 2 aromatic carbocycles. The van der Waals surface area contributed by atoms with Crippen LogP contribution in [0.5, 0.6) is 0 Å². The summed E-state index contributed by atoms with van der Waals surface area (Å²) in [5.74, 6) is -0.103. The average molecular weight is 375 g/mol. The Morgan fingerprint density at radius 3 is 2.54 bits per heavy atom. The van der Waals surface area contributed by atoms with Crippen LogP contribution < -0.4 is 0 Å². The van der Waals surface area contributed by atoms with Crippen LogP contribution in [0.3, 0.4) is 0 Å². The second-order valence-electron chi connectivity index (χ2n) is 5.97. The average Bonchev–Trinajstić information content (AvgIpc) is 3.04. The number of halogens is 1. The van der Waals surface area contributed by atoms with E-state index in [9.17, 15) is 17.9 Å². The highest BCUT2D eigenvalue weighted by Crippen LogP contribution is 2.21. The van der Waals surface area contributed by atoms with Gasteiger partial charge in [-0.2, -0.15) is 0 Å². The van der Waals surface area contributed by atoms with Crippen molar-refractivity contribution in [3.8, 4) is 5.69 Å². The van der Waals surface area contributed by atoms with Crippen LogP contribution in [-0.4, -0.2) is 40.3 Å². The van der Waals surface area contributed by atoms with Crippen molar-refractivity contribution in [1.29, 1.82) is 0 Å². The summed E-state index contributed by atoms with van der Waals surface area (Å²) in [6, 6.07) is 14.6. The normalized spacial score (nSPS) is 12.9. The second kappa shape index (κ2) is 7.35. The van der Waals surface area contributed by atoms with Crippen molar-refractivity contribution in [2.75, 3.05) is 12.0 Å². The first-order chi connectivity index (χ1) is 12.3. The Hall–Kier alpha value is -2.58. The number of hydrogen-bond acceptors (Lipinski definition) is 5. The fourth-order valence-corrected chi connectivity index (χ4v) is 3.07. The van der Waals surface area contributed by atoms with Gasteiger partial charge >= 0.3 is 0 Å². The van der Waals surface area contributed by atoms with Crippen molar-refractivity contribution in [2.45, 2.75) is 12.5 Å². The molecule has 0 spiro atoms. The number of aliphatic hydroxyl groups excluding tert-OH is 1. The zero-order chi connectivity index (χ0) is 18.7. The molecule has 0 aliphatic carbocycles. The Balaban J connectivity index is 2.02. The zero-order valence-electron chi connectivity index (χ0n) is 14.1. The quantitative estimate of drug-likeness (QED) is 0.713. The summed E-state index contributed by atoms with van der Waals surface area (Å²) in [6.07, 6.45) is 0.169. The standard InChI is InChI=1S/C18H18FN3O3S/c1-26(24,25)11-10-16-20-18(17(23)13-6-3-2-4-7-13)21-22(16)15-9-5-8-14(19)12-15/h2-9,12,17,23H,10-11H2,1H3. The summed E-state index contributed by atoms with van der Waals surface area (Å²) in [5.41, 5.74) is 1.02. The predicted molar refractivity (Wildman–Crippen MR) is 95.2 cm³/mol. The van der Waals surface area contributed by atoms with Crippen LogP contribution in [0.4, 0.5) is 4.39 Å². The van der Waals surface area contributed by atoms with E-state index in [0.29, 0.717) is 17.1 Å². The minimum Gasteiger partial charge on any atom is -0.380 e. The van der Waals surface area contributed by atoms with Gasteiger partial charge in [-0.05, 0) is 23.8 Å². The largest absolute Gasteiger partial charge is 0.380 e. The van der Waals surface area contributed by atoms with Gasteiger partial charge in [0.1, 0.15) is 27.6 Å². The molecule has 1 atom stereocenters. The lowest BCUT2D eigenvalue weighted by Crippen LogP contribution is -2.11. The van der Waals surface area contributed by atoms with Crippen LogP contribution in [0.25, 0.3) is 5.69 Å². The molecule has 136 valence electrons. The van der Waals surface area contributed by atoms with E-state index in [2.05, 4.69) is 10.1 Å². The van der Waals surface area contributed by atoms with Crippen LogP contribution in [0.1, 0.15) is 23.3 Å². The number of hydrogen-bond donors (Lipinski definition) is 1. The molecule has 3 rings (SSSR count). The van der Waals surface area contributed by atoms with Crippen LogP contribution in [0.15, 0.2) is 54.6 Å². The molecule has 0 saturated carbocycles. The van der Waals surface area contributed by atoms with Crippen molar-refractivity contribution in [3.05, 3.63) is 77.6 Å². The van der Waals surface area contributed by atoms with Crippen LogP contribution in [0, 0.1) is 5.82 Å². The number of aromatic nitrogens is 3. The van der Waals surface area contributed by atoms with Crippen molar-refractivity contribution in [2.24, 2.45) is 0 Å². The topological polar surface area (TPSA) is 85.1 Å². The Labute approximate surface area is 150 Å². The second-order valence-corrected chi connectivity index (χ2v) is 8.23. The minimum atomic E-state index is -3.21. The van der Waals surface area contributed by atoms with Gasteiger partial charge in [-0.3, -0.25) is 0 Å². The maximum atomic E-state index is 13.6. The van der Waals surface area contributed by atoms with E-state index in [1.165, 1.54) is 22.9 Å². The number of aryl methyl sites for hydroxylation is 1. The molecule has 1 heterocycles. The third kappa shape index (κ3) is 4.33. The van der Waals surface area contributed by atoms with Gasteiger partial charge in [-0.15, -0.1) is 5.10 Å². The van der Waals surface area contributed by atoms with Gasteiger partial charge < -0.3 is 5.11 Å². The smallest absolute Gasteiger partial charge is 0.184 e. The molecule has 6 nitrogen and oxygen atoms in total. The number of sulfone groups is 1. The van der Waals surface area contributed by atoms with E-state index in [-0.39, 0.29) is 18.0 Å². The maximum absolute atomic E-state index is 13.6. The third-order valence-corrected chi connectivity index (χ3v) is 4.75. The van der Waals surface area contributed by atoms with Gasteiger partial charge in [0.05, 0.1) is 11.4 Å². The Bertz CT molecular complexity index is 1000. The van der Waals surface area contributed by atoms with Gasteiger partial charge in [-0.25, -0.2) is 22.5 Å². The highest BCUT2D eigenvalue weighted by Gasteiger charge is 2.20. The molecule has 0 aliphatic heterocycles. The summed E-state index contributed by atoms with van der Waals surface area (Å²) in [7, 11) is -3.21. The first kappa shape index (κ1) is 18.2. The molecule has 1 unspecified atom stereocenters. The summed E-state index contributed by atoms with van der Waals surface area (Å²) < 4.78 is 38.0. The molecular formula is C18H18FN3O3S. The van der Waals surface area contributed by atoms with Crippen LogP contribution in [0.2, 0.25) is 0 Å².